The third-order valence-corrected chi connectivity index (χ3v) is 2.67. The number of carboxylic acid groups (broad SMARTS) is 1. The first-order chi connectivity index (χ1) is 7.03. The number of hydrogen-bond acceptors (Lipinski definition) is 2. The van der Waals surface area contributed by atoms with Crippen molar-refractivity contribution in [1.29, 1.82) is 0 Å². The Kier molecular flexibility index (Phi) is 2.00. The Bertz CT molecular complexity index is 441. The highest BCUT2D eigenvalue weighted by Crippen LogP contribution is 2.23. The molecule has 1 unspecified atom stereocenters. The topological polar surface area (TPSA) is 66.4 Å². The van der Waals surface area contributed by atoms with Crippen molar-refractivity contribution in [3.63, 3.8) is 0 Å². The Morgan fingerprint density at radius 2 is 2.13 bits per heavy atom. The van der Waals surface area contributed by atoms with E-state index in [4.69, 9.17) is 5.11 Å². The van der Waals surface area contributed by atoms with Crippen LogP contribution in [0, 0.1) is 0 Å². The van der Waals surface area contributed by atoms with E-state index in [1.54, 1.807) is 24.3 Å². The smallest absolute Gasteiger partial charge is 0.329 e. The number of aliphatic carboxylic acids is 1. The molecule has 2 N–H and O–H groups in total. The van der Waals surface area contributed by atoms with E-state index >= 15 is 0 Å². The molecule has 0 saturated heterocycles. The highest BCUT2D eigenvalue weighted by Gasteiger charge is 2.39. The van der Waals surface area contributed by atoms with Crippen LogP contribution in [0.5, 0.6) is 0 Å². The van der Waals surface area contributed by atoms with E-state index in [1.165, 1.54) is 6.92 Å². The monoisotopic (exact) mass is 205 g/mol. The molecule has 1 amide bonds. The maximum atomic E-state index is 11.6. The van der Waals surface area contributed by atoms with Gasteiger partial charge in [0, 0.05) is 12.0 Å². The summed E-state index contributed by atoms with van der Waals surface area (Å²) in [5.41, 5.74) is 0.160. The van der Waals surface area contributed by atoms with Crippen LogP contribution in [0.2, 0.25) is 0 Å². The first-order valence-electron chi connectivity index (χ1n) is 4.67. The molecule has 0 radical (unpaired) electrons. The standard InChI is InChI=1S/C11H11NO3/c1-11(10(14)15)6-7-4-2-3-5-8(7)9(13)12-11/h2-5H,6H2,1H3,(H,12,13)(H,14,15). The van der Waals surface area contributed by atoms with Gasteiger partial charge in [-0.1, -0.05) is 18.2 Å². The van der Waals surface area contributed by atoms with Gasteiger partial charge >= 0.3 is 5.97 Å². The summed E-state index contributed by atoms with van der Waals surface area (Å²) in [5.74, 6) is -1.33. The third kappa shape index (κ3) is 1.48. The largest absolute Gasteiger partial charge is 0.480 e. The predicted molar refractivity (Wildman–Crippen MR) is 53.7 cm³/mol. The molecule has 2 rings (SSSR count). The molecule has 1 aromatic rings. The highest BCUT2D eigenvalue weighted by molar-refractivity contribution is 6.01. The molecule has 15 heavy (non-hydrogen) atoms. The van der Waals surface area contributed by atoms with Crippen molar-refractivity contribution in [1.82, 2.24) is 5.32 Å². The average Bonchev–Trinajstić information content (AvgIpc) is 2.17. The van der Waals surface area contributed by atoms with E-state index in [2.05, 4.69) is 5.32 Å². The fraction of sp³-hybridized carbons (Fsp3) is 0.273. The Balaban J connectivity index is 2.47. The van der Waals surface area contributed by atoms with E-state index in [0.29, 0.717) is 12.0 Å². The van der Waals surface area contributed by atoms with Crippen molar-refractivity contribution in [3.05, 3.63) is 35.4 Å². The normalized spacial score (nSPS) is 24.2. The molecular formula is C11H11NO3. The number of hydrogen-bond donors (Lipinski definition) is 2. The second kappa shape index (κ2) is 3.08. The molecule has 1 aliphatic heterocycles. The van der Waals surface area contributed by atoms with Crippen molar-refractivity contribution >= 4 is 11.9 Å². The molecule has 1 aromatic carbocycles. The van der Waals surface area contributed by atoms with Crippen LogP contribution in [-0.2, 0) is 11.2 Å². The first-order valence-corrected chi connectivity index (χ1v) is 4.67. The number of benzene rings is 1. The molecule has 0 saturated carbocycles. The van der Waals surface area contributed by atoms with E-state index in [-0.39, 0.29) is 5.91 Å². The molecule has 0 bridgehead atoms. The van der Waals surface area contributed by atoms with Crippen LogP contribution in [0.4, 0.5) is 0 Å². The number of amides is 1. The fourth-order valence-electron chi connectivity index (χ4n) is 1.77. The van der Waals surface area contributed by atoms with Gasteiger partial charge in [-0.3, -0.25) is 4.79 Å². The SMILES string of the molecule is CC1(C(=O)O)Cc2ccccc2C(=O)N1. The van der Waals surface area contributed by atoms with Crippen LogP contribution in [-0.4, -0.2) is 22.5 Å². The van der Waals surface area contributed by atoms with Crippen molar-refractivity contribution < 1.29 is 14.7 Å². The molecule has 4 heteroatoms. The summed E-state index contributed by atoms with van der Waals surface area (Å²) < 4.78 is 0. The van der Waals surface area contributed by atoms with Crippen molar-refractivity contribution in [3.8, 4) is 0 Å². The fourth-order valence-corrected chi connectivity index (χ4v) is 1.77. The Morgan fingerprint density at radius 1 is 1.47 bits per heavy atom. The molecule has 0 fully saturated rings. The van der Waals surface area contributed by atoms with Gasteiger partial charge < -0.3 is 10.4 Å². The quantitative estimate of drug-likeness (QED) is 0.713. The van der Waals surface area contributed by atoms with E-state index in [9.17, 15) is 9.59 Å². The van der Waals surface area contributed by atoms with Gasteiger partial charge in [0.2, 0.25) is 0 Å². The van der Waals surface area contributed by atoms with Crippen LogP contribution in [0.3, 0.4) is 0 Å². The molecule has 78 valence electrons. The van der Waals surface area contributed by atoms with Crippen LogP contribution >= 0.6 is 0 Å². The van der Waals surface area contributed by atoms with E-state index in [1.807, 2.05) is 0 Å². The highest BCUT2D eigenvalue weighted by atomic mass is 16.4. The Hall–Kier alpha value is -1.84. The van der Waals surface area contributed by atoms with Gasteiger partial charge in [-0.25, -0.2) is 4.79 Å². The van der Waals surface area contributed by atoms with Crippen LogP contribution in [0.25, 0.3) is 0 Å². The van der Waals surface area contributed by atoms with Crippen molar-refractivity contribution in [2.45, 2.75) is 18.9 Å². The summed E-state index contributed by atoms with van der Waals surface area (Å²) in [6, 6.07) is 7.06. The molecule has 4 nitrogen and oxygen atoms in total. The minimum atomic E-state index is -1.19. The number of nitrogens with one attached hydrogen (secondary N) is 1. The number of rotatable bonds is 1. The molecule has 0 aliphatic carbocycles. The van der Waals surface area contributed by atoms with Gasteiger partial charge in [0.1, 0.15) is 5.54 Å². The molecule has 1 aliphatic rings. The van der Waals surface area contributed by atoms with Gasteiger partial charge in [0.05, 0.1) is 0 Å². The lowest BCUT2D eigenvalue weighted by Gasteiger charge is -2.31. The lowest BCUT2D eigenvalue weighted by atomic mass is 9.86. The van der Waals surface area contributed by atoms with Crippen LogP contribution in [0.1, 0.15) is 22.8 Å². The Labute approximate surface area is 86.9 Å². The zero-order valence-corrected chi connectivity index (χ0v) is 8.28. The van der Waals surface area contributed by atoms with Gasteiger partial charge in [0.25, 0.3) is 5.91 Å². The minimum absolute atomic E-state index is 0.318. The van der Waals surface area contributed by atoms with E-state index in [0.717, 1.165) is 5.56 Å². The van der Waals surface area contributed by atoms with Crippen molar-refractivity contribution in [2.75, 3.05) is 0 Å². The summed E-state index contributed by atoms with van der Waals surface area (Å²) in [4.78, 5) is 22.6. The summed E-state index contributed by atoms with van der Waals surface area (Å²) in [6.07, 6.45) is 0.324. The maximum Gasteiger partial charge on any atom is 0.329 e. The van der Waals surface area contributed by atoms with Crippen LogP contribution in [0.15, 0.2) is 24.3 Å². The second-order valence-electron chi connectivity index (χ2n) is 3.93. The molecule has 1 heterocycles. The average molecular weight is 205 g/mol. The van der Waals surface area contributed by atoms with Crippen molar-refractivity contribution in [2.24, 2.45) is 0 Å². The predicted octanol–water partition coefficient (Wildman–Crippen LogP) is 0.816. The summed E-state index contributed by atoms with van der Waals surface area (Å²) in [6.45, 7) is 1.52. The van der Waals surface area contributed by atoms with Gasteiger partial charge in [-0.2, -0.15) is 0 Å². The van der Waals surface area contributed by atoms with E-state index < -0.39 is 11.5 Å². The molecule has 0 spiro atoms. The second-order valence-corrected chi connectivity index (χ2v) is 3.93. The number of carboxylic acids is 1. The minimum Gasteiger partial charge on any atom is -0.480 e. The number of carbonyl (C=O) groups is 2. The zero-order valence-electron chi connectivity index (χ0n) is 8.28. The first kappa shape index (κ1) is 9.71. The maximum absolute atomic E-state index is 11.6. The third-order valence-electron chi connectivity index (χ3n) is 2.67. The lowest BCUT2D eigenvalue weighted by molar-refractivity contribution is -0.143. The lowest BCUT2D eigenvalue weighted by Crippen LogP contribution is -2.56. The summed E-state index contributed by atoms with van der Waals surface area (Å²) in [5, 5.41) is 11.5. The molecular weight excluding hydrogens is 194 g/mol. The zero-order chi connectivity index (χ0) is 11.1. The van der Waals surface area contributed by atoms with Crippen LogP contribution < -0.4 is 5.32 Å². The summed E-state index contributed by atoms with van der Waals surface area (Å²) in [7, 11) is 0. The van der Waals surface area contributed by atoms with Gasteiger partial charge in [-0.05, 0) is 18.6 Å². The summed E-state index contributed by atoms with van der Waals surface area (Å²) >= 11 is 0. The van der Waals surface area contributed by atoms with Gasteiger partial charge in [-0.15, -0.1) is 0 Å². The number of fused-ring (bicyclic) bond motifs is 1. The van der Waals surface area contributed by atoms with Gasteiger partial charge in [0.15, 0.2) is 0 Å². The Morgan fingerprint density at radius 3 is 2.80 bits per heavy atom. The molecule has 0 aromatic heterocycles. The number of carbonyl (C=O) groups excluding carboxylic acids is 1. The molecule has 1 atom stereocenters.